The number of aromatic nitrogens is 3. The van der Waals surface area contributed by atoms with Gasteiger partial charge in [0, 0.05) is 48.3 Å². The number of carbonyl (C=O) groups is 6. The van der Waals surface area contributed by atoms with Crippen LogP contribution in [0.4, 0.5) is 0 Å². The summed E-state index contributed by atoms with van der Waals surface area (Å²) in [5.41, 5.74) is 8.15. The Labute approximate surface area is 326 Å². The zero-order valence-electron chi connectivity index (χ0n) is 30.8. The lowest BCUT2D eigenvalue weighted by atomic mass is 10.0. The van der Waals surface area contributed by atoms with E-state index in [1.54, 1.807) is 24.6 Å². The first kappa shape index (κ1) is 42.8. The molecule has 5 amide bonds. The number of amides is 5. The predicted octanol–water partition coefficient (Wildman–Crippen LogP) is -0.774. The Morgan fingerprint density at radius 3 is 2.07 bits per heavy atom. The molecule has 0 saturated carbocycles. The maximum absolute atomic E-state index is 13.8. The molecule has 0 spiro atoms. The molecule has 0 aliphatic rings. The second kappa shape index (κ2) is 20.7. The molecule has 12 N–H and O–H groups in total. The lowest BCUT2D eigenvalue weighted by Crippen LogP contribution is -2.59. The molecule has 0 unspecified atom stereocenters. The van der Waals surface area contributed by atoms with Gasteiger partial charge in [-0.2, -0.15) is 11.8 Å². The number of imidazole rings is 1. The normalized spacial score (nSPS) is 14.4. The van der Waals surface area contributed by atoms with Gasteiger partial charge in [-0.3, -0.25) is 24.0 Å². The van der Waals surface area contributed by atoms with Crippen LogP contribution in [-0.2, 0) is 48.0 Å². The topological polar surface area (TPSA) is 294 Å². The lowest BCUT2D eigenvalue weighted by Gasteiger charge is -2.26. The van der Waals surface area contributed by atoms with Crippen molar-refractivity contribution >= 4 is 58.2 Å². The molecule has 2 aromatic heterocycles. The molecule has 0 bridgehead atoms. The van der Waals surface area contributed by atoms with Gasteiger partial charge in [0.2, 0.25) is 29.5 Å². The van der Waals surface area contributed by atoms with E-state index in [4.69, 9.17) is 5.73 Å². The summed E-state index contributed by atoms with van der Waals surface area (Å²) in [6.45, 7) is 0.705. The first-order valence-corrected chi connectivity index (χ1v) is 19.1. The van der Waals surface area contributed by atoms with Crippen molar-refractivity contribution in [2.45, 2.75) is 68.9 Å². The van der Waals surface area contributed by atoms with E-state index in [1.807, 2.05) is 24.3 Å². The summed E-state index contributed by atoms with van der Waals surface area (Å²) >= 11 is 1.41. The molecular formula is C37H47N9O9S. The Kier molecular flexibility index (Phi) is 15.8. The van der Waals surface area contributed by atoms with Crippen molar-refractivity contribution in [2.24, 2.45) is 5.73 Å². The van der Waals surface area contributed by atoms with E-state index in [1.165, 1.54) is 43.3 Å². The zero-order chi connectivity index (χ0) is 40.8. The molecule has 4 aromatic rings. The van der Waals surface area contributed by atoms with Gasteiger partial charge >= 0.3 is 5.97 Å². The van der Waals surface area contributed by atoms with Crippen molar-refractivity contribution in [3.63, 3.8) is 0 Å². The van der Waals surface area contributed by atoms with E-state index in [0.717, 1.165) is 10.9 Å². The van der Waals surface area contributed by atoms with Crippen molar-refractivity contribution in [2.75, 3.05) is 18.6 Å². The molecule has 56 heavy (non-hydrogen) atoms. The van der Waals surface area contributed by atoms with Crippen molar-refractivity contribution < 1.29 is 44.1 Å². The summed E-state index contributed by atoms with van der Waals surface area (Å²) in [7, 11) is 0. The third kappa shape index (κ3) is 12.3. The van der Waals surface area contributed by atoms with E-state index in [0.29, 0.717) is 22.6 Å². The van der Waals surface area contributed by atoms with Gasteiger partial charge < -0.3 is 57.6 Å². The molecule has 0 aliphatic carbocycles. The number of thioether (sulfide) groups is 1. The van der Waals surface area contributed by atoms with Gasteiger partial charge in [0.15, 0.2) is 0 Å². The van der Waals surface area contributed by atoms with Crippen LogP contribution in [0.15, 0.2) is 67.3 Å². The number of para-hydroxylation sites is 1. The number of aliphatic hydroxyl groups excluding tert-OH is 1. The number of carbonyl (C=O) groups excluding carboxylic acids is 5. The van der Waals surface area contributed by atoms with Crippen molar-refractivity contribution in [3.05, 3.63) is 84.1 Å². The third-order valence-corrected chi connectivity index (χ3v) is 9.51. The van der Waals surface area contributed by atoms with E-state index >= 15 is 0 Å². The van der Waals surface area contributed by atoms with E-state index in [9.17, 15) is 44.1 Å². The number of aromatic hydroxyl groups is 1. The minimum atomic E-state index is -1.35. The van der Waals surface area contributed by atoms with E-state index in [2.05, 4.69) is 41.5 Å². The fourth-order valence-corrected chi connectivity index (χ4v) is 6.18. The maximum Gasteiger partial charge on any atom is 0.326 e. The number of carboxylic acid groups (broad SMARTS) is 1. The second-order valence-electron chi connectivity index (χ2n) is 13.1. The zero-order valence-corrected chi connectivity index (χ0v) is 31.6. The molecule has 0 aliphatic heterocycles. The maximum atomic E-state index is 13.8. The van der Waals surface area contributed by atoms with Crippen LogP contribution in [0.5, 0.6) is 5.75 Å². The van der Waals surface area contributed by atoms with Crippen LogP contribution in [0.2, 0.25) is 0 Å². The number of aliphatic hydroxyl groups is 1. The minimum Gasteiger partial charge on any atom is -0.508 e. The largest absolute Gasteiger partial charge is 0.508 e. The number of hydrogen-bond donors (Lipinski definition) is 11. The van der Waals surface area contributed by atoms with Gasteiger partial charge in [0.05, 0.1) is 12.9 Å². The monoisotopic (exact) mass is 793 g/mol. The number of nitrogens with zero attached hydrogens (tertiary/aromatic N) is 1. The Morgan fingerprint density at radius 2 is 1.41 bits per heavy atom. The summed E-state index contributed by atoms with van der Waals surface area (Å²) in [5.74, 6) is -4.69. The van der Waals surface area contributed by atoms with Crippen molar-refractivity contribution in [3.8, 4) is 5.75 Å². The summed E-state index contributed by atoms with van der Waals surface area (Å²) < 4.78 is 0. The molecule has 0 saturated heterocycles. The highest BCUT2D eigenvalue weighted by molar-refractivity contribution is 7.98. The molecule has 2 aromatic carbocycles. The number of rotatable bonds is 21. The number of nitrogens with two attached hydrogens (primary N) is 1. The number of nitrogens with one attached hydrogen (secondary N) is 7. The molecule has 0 fully saturated rings. The number of carboxylic acids is 1. The minimum absolute atomic E-state index is 0.00869. The van der Waals surface area contributed by atoms with Crippen LogP contribution >= 0.6 is 11.8 Å². The number of hydrogen-bond acceptors (Lipinski definition) is 11. The Bertz CT molecular complexity index is 1960. The summed E-state index contributed by atoms with van der Waals surface area (Å²) in [6.07, 6.45) is 6.29. The van der Waals surface area contributed by atoms with Gasteiger partial charge in [-0.1, -0.05) is 30.3 Å². The van der Waals surface area contributed by atoms with Crippen LogP contribution in [0.1, 0.15) is 30.2 Å². The van der Waals surface area contributed by atoms with E-state index < -0.39 is 78.4 Å². The predicted molar refractivity (Wildman–Crippen MR) is 207 cm³/mol. The van der Waals surface area contributed by atoms with E-state index in [-0.39, 0.29) is 31.4 Å². The fourth-order valence-electron chi connectivity index (χ4n) is 5.71. The highest BCUT2D eigenvalue weighted by Crippen LogP contribution is 2.19. The number of fused-ring (bicyclic) bond motifs is 1. The average Bonchev–Trinajstić information content (AvgIpc) is 3.85. The summed E-state index contributed by atoms with van der Waals surface area (Å²) in [4.78, 5) is 89.1. The van der Waals surface area contributed by atoms with Gasteiger partial charge in [-0.25, -0.2) is 9.78 Å². The Hall–Kier alpha value is -5.92. The number of aromatic amines is 2. The summed E-state index contributed by atoms with van der Waals surface area (Å²) in [6, 6.07) is 5.66. The number of phenolic OH excluding ortho intramolecular Hbond substituents is 1. The molecular weight excluding hydrogens is 747 g/mol. The van der Waals surface area contributed by atoms with Crippen LogP contribution in [0.25, 0.3) is 10.9 Å². The molecule has 0 radical (unpaired) electrons. The first-order valence-electron chi connectivity index (χ1n) is 17.7. The lowest BCUT2D eigenvalue weighted by molar-refractivity contribution is -0.142. The number of H-pyrrole nitrogens is 2. The summed E-state index contributed by atoms with van der Waals surface area (Å²) in [5, 5.41) is 42.7. The van der Waals surface area contributed by atoms with Gasteiger partial charge in [-0.15, -0.1) is 0 Å². The standard InChI is InChI=1S/C37H47N9O9S/c1-20(42-35(52)29(44-33(50)26(38)18-47)13-21-7-9-24(48)10-8-21)32(49)43-28(11-12-56-2)34(51)45-30(15-23-17-39-19-41-23)36(53)46-31(37(54)55)14-22-16-40-27-6-4-3-5-25(22)27/h3-10,16-17,19-20,26,28-31,40,47-48H,11-15,18,38H2,1-2H3,(H,39,41)(H,42,52)(H,43,49)(H,44,50)(H,45,51)(H,46,53)(H,54,55)/t20-,26-,28-,29-,30-,31-/m0/s1. The molecule has 19 heteroatoms. The highest BCUT2D eigenvalue weighted by Gasteiger charge is 2.32. The second-order valence-corrected chi connectivity index (χ2v) is 14.1. The SMILES string of the molecule is CSCC[C@H](NC(=O)[C@H](C)NC(=O)[C@H](Cc1ccc(O)cc1)NC(=O)[C@@H](N)CO)C(=O)N[C@@H](Cc1cnc[nH]1)C(=O)N[C@@H](Cc1c[nH]c2ccccc12)C(=O)O. The highest BCUT2D eigenvalue weighted by atomic mass is 32.2. The Morgan fingerprint density at radius 1 is 0.786 bits per heavy atom. The van der Waals surface area contributed by atoms with Gasteiger partial charge in [0.1, 0.15) is 42.0 Å². The first-order chi connectivity index (χ1) is 26.8. The van der Waals surface area contributed by atoms with Gasteiger partial charge in [0.25, 0.3) is 0 Å². The van der Waals surface area contributed by atoms with Crippen molar-refractivity contribution in [1.82, 2.24) is 41.5 Å². The Balaban J connectivity index is 1.46. The molecule has 300 valence electrons. The average molecular weight is 794 g/mol. The van der Waals surface area contributed by atoms with Crippen LogP contribution in [-0.4, -0.2) is 121 Å². The van der Waals surface area contributed by atoms with Crippen LogP contribution in [0.3, 0.4) is 0 Å². The quantitative estimate of drug-likeness (QED) is 0.0496. The van der Waals surface area contributed by atoms with Crippen LogP contribution < -0.4 is 32.3 Å². The van der Waals surface area contributed by atoms with Crippen molar-refractivity contribution in [1.29, 1.82) is 0 Å². The third-order valence-electron chi connectivity index (χ3n) is 8.86. The molecule has 18 nitrogen and oxygen atoms in total. The van der Waals surface area contributed by atoms with Gasteiger partial charge in [-0.05, 0) is 54.7 Å². The molecule has 4 rings (SSSR count). The molecule has 2 heterocycles. The number of benzene rings is 2. The number of aliphatic carboxylic acids is 1. The van der Waals surface area contributed by atoms with Crippen LogP contribution in [0, 0.1) is 0 Å². The number of phenols is 1. The smallest absolute Gasteiger partial charge is 0.326 e. The molecule has 6 atom stereocenters. The fraction of sp³-hybridized carbons (Fsp3) is 0.378.